The Hall–Kier alpha value is -0.830. The van der Waals surface area contributed by atoms with E-state index in [9.17, 15) is 4.21 Å². The van der Waals surface area contributed by atoms with Crippen LogP contribution in [0.5, 0.6) is 0 Å². The maximum Gasteiger partial charge on any atom is 0.190 e. The van der Waals surface area contributed by atoms with Crippen molar-refractivity contribution >= 4 is 30.2 Å². The number of hydrogen-bond donors (Lipinski definition) is 0. The molecule has 5 heteroatoms. The van der Waals surface area contributed by atoms with Gasteiger partial charge in [-0.05, 0) is 51.2 Å². The minimum atomic E-state index is -1.02. The molecule has 2 atom stereocenters. The van der Waals surface area contributed by atoms with Gasteiger partial charge < -0.3 is 0 Å². The molecule has 0 aromatic heterocycles. The molecule has 1 aliphatic rings. The average Bonchev–Trinajstić information content (AvgIpc) is 2.86. The van der Waals surface area contributed by atoms with Crippen LogP contribution in [0.2, 0.25) is 0 Å². The van der Waals surface area contributed by atoms with Gasteiger partial charge in [-0.3, -0.25) is 0 Å². The second kappa shape index (κ2) is 7.63. The highest BCUT2D eigenvalue weighted by Gasteiger charge is 2.35. The quantitative estimate of drug-likeness (QED) is 0.741. The van der Waals surface area contributed by atoms with Crippen LogP contribution in [0.1, 0.15) is 57.7 Å². The van der Waals surface area contributed by atoms with Crippen LogP contribution in [0.25, 0.3) is 4.85 Å². The Bertz CT molecular complexity index is 587. The summed E-state index contributed by atoms with van der Waals surface area (Å²) in [5.74, 6) is 0. The summed E-state index contributed by atoms with van der Waals surface area (Å²) in [6.45, 7) is 16.3. The highest BCUT2D eigenvalue weighted by atomic mass is 32.2. The maximum absolute atomic E-state index is 12.9. The number of benzene rings is 1. The fourth-order valence-corrected chi connectivity index (χ4v) is 4.45. The Morgan fingerprint density at radius 3 is 2.64 bits per heavy atom. The monoisotopic (exact) mass is 338 g/mol. The van der Waals surface area contributed by atoms with Gasteiger partial charge in [-0.15, -0.1) is 0 Å². The lowest BCUT2D eigenvalue weighted by Crippen LogP contribution is -2.39. The van der Waals surface area contributed by atoms with E-state index < -0.39 is 11.0 Å². The van der Waals surface area contributed by atoms with Crippen molar-refractivity contribution in [1.29, 1.82) is 0 Å². The van der Waals surface area contributed by atoms with E-state index in [1.165, 1.54) is 5.56 Å². The van der Waals surface area contributed by atoms with Crippen molar-refractivity contribution in [3.05, 3.63) is 40.7 Å². The third-order valence-corrected chi connectivity index (χ3v) is 5.77. The Morgan fingerprint density at radius 1 is 1.41 bits per heavy atom. The van der Waals surface area contributed by atoms with Crippen molar-refractivity contribution in [1.82, 2.24) is 4.31 Å². The van der Waals surface area contributed by atoms with E-state index in [1.807, 2.05) is 32.9 Å². The van der Waals surface area contributed by atoms with Gasteiger partial charge >= 0.3 is 0 Å². The summed E-state index contributed by atoms with van der Waals surface area (Å²) in [5, 5.41) is 0. The molecule has 0 fully saturated rings. The molecule has 1 aliphatic carbocycles. The van der Waals surface area contributed by atoms with Gasteiger partial charge in [0.1, 0.15) is 11.0 Å². The van der Waals surface area contributed by atoms with Gasteiger partial charge in [0.2, 0.25) is 0 Å². The molecular weight excluding hydrogens is 312 g/mol. The van der Waals surface area contributed by atoms with E-state index in [1.54, 1.807) is 0 Å². The molecule has 1 aromatic carbocycles. The summed E-state index contributed by atoms with van der Waals surface area (Å²) in [7, 11) is -1.02. The van der Waals surface area contributed by atoms with Crippen LogP contribution in [-0.2, 0) is 17.4 Å². The third-order valence-electron chi connectivity index (χ3n) is 3.86. The molecule has 2 rings (SSSR count). The van der Waals surface area contributed by atoms with Crippen LogP contribution in [0.3, 0.4) is 0 Å². The summed E-state index contributed by atoms with van der Waals surface area (Å²) in [6, 6.07) is 6.12. The smallest absolute Gasteiger partial charge is 0.190 e. The number of hydrogen-bond acceptors (Lipinski definition) is 1. The predicted molar refractivity (Wildman–Crippen MR) is 99.0 cm³/mol. The van der Waals surface area contributed by atoms with Crippen molar-refractivity contribution in [2.45, 2.75) is 57.7 Å². The second-order valence-corrected chi connectivity index (χ2v) is 8.71. The summed E-state index contributed by atoms with van der Waals surface area (Å²) in [5.41, 5.74) is 3.12. The molecular formula is C17H26N2OS2. The Morgan fingerprint density at radius 2 is 2.09 bits per heavy atom. The van der Waals surface area contributed by atoms with Crippen molar-refractivity contribution in [3.63, 3.8) is 0 Å². The fourth-order valence-electron chi connectivity index (χ4n) is 2.94. The molecule has 0 N–H and O–H groups in total. The maximum atomic E-state index is 12.9. The SMILES string of the molecule is S.[C-]#[N+]c1cccc2c1CC[C@@H]2N(CCC)[S@@](=O)C(C)(C)C. The van der Waals surface area contributed by atoms with Gasteiger partial charge in [0.25, 0.3) is 0 Å². The van der Waals surface area contributed by atoms with E-state index >= 15 is 0 Å². The van der Waals surface area contributed by atoms with Crippen LogP contribution in [0, 0.1) is 6.57 Å². The second-order valence-electron chi connectivity index (χ2n) is 6.51. The zero-order valence-corrected chi connectivity index (χ0v) is 15.7. The van der Waals surface area contributed by atoms with Crippen molar-refractivity contribution < 1.29 is 4.21 Å². The lowest BCUT2D eigenvalue weighted by atomic mass is 10.1. The number of fused-ring (bicyclic) bond motifs is 1. The minimum Gasteiger partial charge on any atom is -0.242 e. The molecule has 0 amide bonds. The summed E-state index contributed by atoms with van der Waals surface area (Å²) in [4.78, 5) is 3.63. The normalized spacial score (nSPS) is 18.5. The third kappa shape index (κ3) is 3.73. The molecule has 122 valence electrons. The zero-order chi connectivity index (χ0) is 15.6. The summed E-state index contributed by atoms with van der Waals surface area (Å²) < 4.78 is 14.8. The van der Waals surface area contributed by atoms with Gasteiger partial charge in [0.15, 0.2) is 5.69 Å². The van der Waals surface area contributed by atoms with E-state index in [0.29, 0.717) is 0 Å². The Balaban J connectivity index is 0.00000242. The van der Waals surface area contributed by atoms with E-state index in [4.69, 9.17) is 6.57 Å². The lowest BCUT2D eigenvalue weighted by molar-refractivity contribution is 0.335. The molecule has 0 aliphatic heterocycles. The van der Waals surface area contributed by atoms with Crippen LogP contribution in [-0.4, -0.2) is 19.8 Å². The zero-order valence-electron chi connectivity index (χ0n) is 13.8. The average molecular weight is 339 g/mol. The molecule has 0 unspecified atom stereocenters. The van der Waals surface area contributed by atoms with E-state index in [2.05, 4.69) is 22.1 Å². The van der Waals surface area contributed by atoms with Gasteiger partial charge in [0.05, 0.1) is 11.3 Å². The van der Waals surface area contributed by atoms with Crippen LogP contribution >= 0.6 is 13.5 Å². The molecule has 1 aromatic rings. The van der Waals surface area contributed by atoms with Gasteiger partial charge in [-0.2, -0.15) is 13.5 Å². The largest absolute Gasteiger partial charge is 0.242 e. The Labute approximate surface area is 144 Å². The van der Waals surface area contributed by atoms with E-state index in [0.717, 1.165) is 37.1 Å². The molecule has 0 bridgehead atoms. The molecule has 3 nitrogen and oxygen atoms in total. The lowest BCUT2D eigenvalue weighted by Gasteiger charge is -2.33. The standard InChI is InChI=1S/C17H24N2OS.H2S/c1-6-12-19(21(20)17(2,3)4)16-11-10-13-14(16)8-7-9-15(13)18-5;/h7-9,16H,6,10-12H2,1-4H3;1H2/t16-,21-;/m0./s1. The molecule has 0 spiro atoms. The first kappa shape index (κ1) is 19.2. The van der Waals surface area contributed by atoms with Crippen LogP contribution in [0.15, 0.2) is 18.2 Å². The summed E-state index contributed by atoms with van der Waals surface area (Å²) in [6.07, 6.45) is 2.86. The first-order valence-electron chi connectivity index (χ1n) is 7.58. The molecule has 0 radical (unpaired) electrons. The summed E-state index contributed by atoms with van der Waals surface area (Å²) >= 11 is 0. The van der Waals surface area contributed by atoms with Gasteiger partial charge in [-0.1, -0.05) is 25.1 Å². The van der Waals surface area contributed by atoms with Crippen molar-refractivity contribution in [2.75, 3.05) is 6.54 Å². The molecule has 0 saturated carbocycles. The number of rotatable bonds is 4. The number of nitrogens with zero attached hydrogens (tertiary/aromatic N) is 2. The van der Waals surface area contributed by atoms with E-state index in [-0.39, 0.29) is 24.3 Å². The minimum absolute atomic E-state index is 0. The topological polar surface area (TPSA) is 24.7 Å². The fraction of sp³-hybridized carbons (Fsp3) is 0.588. The molecule has 22 heavy (non-hydrogen) atoms. The Kier molecular flexibility index (Phi) is 6.66. The van der Waals surface area contributed by atoms with Crippen LogP contribution < -0.4 is 0 Å². The van der Waals surface area contributed by atoms with Gasteiger partial charge in [-0.25, -0.2) is 13.4 Å². The molecule has 0 saturated heterocycles. The van der Waals surface area contributed by atoms with Crippen molar-refractivity contribution in [2.24, 2.45) is 0 Å². The first-order chi connectivity index (χ1) is 9.90. The predicted octanol–water partition coefficient (Wildman–Crippen LogP) is 4.51. The first-order valence-corrected chi connectivity index (χ1v) is 8.68. The van der Waals surface area contributed by atoms with Crippen LogP contribution in [0.4, 0.5) is 5.69 Å². The molecule has 0 heterocycles. The highest BCUT2D eigenvalue weighted by molar-refractivity contribution is 7.84. The van der Waals surface area contributed by atoms with Crippen molar-refractivity contribution in [3.8, 4) is 0 Å². The highest BCUT2D eigenvalue weighted by Crippen LogP contribution is 2.42. The van der Waals surface area contributed by atoms with Gasteiger partial charge in [0, 0.05) is 12.6 Å².